The summed E-state index contributed by atoms with van der Waals surface area (Å²) in [4.78, 5) is 24.4. The molecule has 0 unspecified atom stereocenters. The van der Waals surface area contributed by atoms with E-state index in [0.717, 1.165) is 36.4 Å². The van der Waals surface area contributed by atoms with Crippen LogP contribution in [-0.4, -0.2) is 28.7 Å². The zero-order chi connectivity index (χ0) is 15.7. The monoisotopic (exact) mass is 307 g/mol. The first-order valence-electron chi connectivity index (χ1n) is 7.18. The molecule has 5 nitrogen and oxygen atoms in total. The number of nitrogens with zero attached hydrogens (tertiary/aromatic N) is 2. The maximum absolute atomic E-state index is 13.1. The van der Waals surface area contributed by atoms with Gasteiger partial charge in [-0.2, -0.15) is 5.10 Å². The molecule has 1 N–H and O–H groups in total. The lowest BCUT2D eigenvalue weighted by atomic mass is 9.82. The predicted octanol–water partition coefficient (Wildman–Crippen LogP) is 2.55. The molecule has 1 spiro atoms. The minimum Gasteiger partial charge on any atom is -0.321 e. The lowest BCUT2D eigenvalue weighted by Gasteiger charge is -2.29. The third-order valence-electron chi connectivity index (χ3n) is 4.11. The van der Waals surface area contributed by atoms with E-state index in [1.807, 2.05) is 0 Å². The molecule has 1 saturated carbocycles. The number of imide groups is 1. The summed E-state index contributed by atoms with van der Waals surface area (Å²) < 4.78 is 26.0. The molecule has 0 bridgehead atoms. The smallest absolute Gasteiger partial charge is 0.321 e. The Labute approximate surface area is 126 Å². The molecule has 1 saturated heterocycles. The predicted molar refractivity (Wildman–Crippen MR) is 75.1 cm³/mol. The van der Waals surface area contributed by atoms with E-state index in [0.29, 0.717) is 12.8 Å². The number of nitrogens with one attached hydrogen (secondary N) is 1. The second kappa shape index (κ2) is 5.47. The van der Waals surface area contributed by atoms with Crippen LogP contribution in [-0.2, 0) is 4.79 Å². The first-order valence-corrected chi connectivity index (χ1v) is 7.18. The zero-order valence-corrected chi connectivity index (χ0v) is 11.8. The summed E-state index contributed by atoms with van der Waals surface area (Å²) in [5.41, 5.74) is -0.579. The molecule has 1 heterocycles. The van der Waals surface area contributed by atoms with Gasteiger partial charge in [0.05, 0.1) is 6.21 Å². The highest BCUT2D eigenvalue weighted by molar-refractivity contribution is 6.07. The van der Waals surface area contributed by atoms with E-state index in [1.165, 1.54) is 12.3 Å². The van der Waals surface area contributed by atoms with E-state index in [2.05, 4.69) is 10.4 Å². The van der Waals surface area contributed by atoms with Crippen molar-refractivity contribution < 1.29 is 18.4 Å². The highest BCUT2D eigenvalue weighted by Crippen LogP contribution is 2.33. The Hall–Kier alpha value is -2.31. The topological polar surface area (TPSA) is 61.8 Å². The molecule has 1 aromatic rings. The molecule has 0 atom stereocenters. The number of halogens is 2. The molecule has 0 aromatic heterocycles. The number of urea groups is 1. The van der Waals surface area contributed by atoms with Crippen molar-refractivity contribution in [2.75, 3.05) is 0 Å². The van der Waals surface area contributed by atoms with E-state index < -0.39 is 23.2 Å². The maximum atomic E-state index is 13.1. The van der Waals surface area contributed by atoms with E-state index in [1.54, 1.807) is 0 Å². The molecular weight excluding hydrogens is 292 g/mol. The summed E-state index contributed by atoms with van der Waals surface area (Å²) in [6, 6.07) is 2.65. The molecule has 0 radical (unpaired) electrons. The standard InChI is InChI=1S/C15H15F2N3O2/c16-11-5-4-10(8-12(11)17)9-18-20-13(21)15(19-14(20)22)6-2-1-3-7-15/h4-5,8-9H,1-3,6-7H2,(H,19,22)/b18-9-. The van der Waals surface area contributed by atoms with E-state index in [4.69, 9.17) is 0 Å². The van der Waals surface area contributed by atoms with Crippen molar-refractivity contribution in [1.29, 1.82) is 0 Å². The first-order chi connectivity index (χ1) is 10.5. The van der Waals surface area contributed by atoms with Crippen LogP contribution in [0.5, 0.6) is 0 Å². The SMILES string of the molecule is O=C1NC2(CCCCC2)C(=O)N1/N=C\c1ccc(F)c(F)c1. The Morgan fingerprint density at radius 1 is 1.14 bits per heavy atom. The Morgan fingerprint density at radius 2 is 1.86 bits per heavy atom. The van der Waals surface area contributed by atoms with E-state index >= 15 is 0 Å². The van der Waals surface area contributed by atoms with Crippen molar-refractivity contribution in [2.24, 2.45) is 5.10 Å². The lowest BCUT2D eigenvalue weighted by Crippen LogP contribution is -2.48. The molecule has 116 valence electrons. The fourth-order valence-electron chi connectivity index (χ4n) is 2.92. The van der Waals surface area contributed by atoms with Gasteiger partial charge in [0.2, 0.25) is 0 Å². The van der Waals surface area contributed by atoms with Crippen molar-refractivity contribution in [3.8, 4) is 0 Å². The fraction of sp³-hybridized carbons (Fsp3) is 0.400. The van der Waals surface area contributed by atoms with Crippen LogP contribution in [0.3, 0.4) is 0 Å². The highest BCUT2D eigenvalue weighted by Gasteiger charge is 2.51. The normalized spacial score (nSPS) is 20.9. The Bertz CT molecular complexity index is 654. The van der Waals surface area contributed by atoms with Crippen LogP contribution in [0.2, 0.25) is 0 Å². The number of amides is 3. The van der Waals surface area contributed by atoms with Gasteiger partial charge in [0, 0.05) is 0 Å². The van der Waals surface area contributed by atoms with Crippen LogP contribution in [0.25, 0.3) is 0 Å². The number of carbonyl (C=O) groups excluding carboxylic acids is 2. The van der Waals surface area contributed by atoms with Crippen molar-refractivity contribution in [2.45, 2.75) is 37.6 Å². The van der Waals surface area contributed by atoms with Crippen molar-refractivity contribution >= 4 is 18.2 Å². The Balaban J connectivity index is 1.79. The van der Waals surface area contributed by atoms with Crippen LogP contribution < -0.4 is 5.32 Å². The molecule has 22 heavy (non-hydrogen) atoms. The number of hydrazone groups is 1. The third-order valence-corrected chi connectivity index (χ3v) is 4.11. The van der Waals surface area contributed by atoms with Gasteiger partial charge >= 0.3 is 6.03 Å². The van der Waals surface area contributed by atoms with Gasteiger partial charge in [-0.15, -0.1) is 5.01 Å². The Kier molecular flexibility index (Phi) is 3.64. The quantitative estimate of drug-likeness (QED) is 0.674. The maximum Gasteiger partial charge on any atom is 0.346 e. The first kappa shape index (κ1) is 14.6. The van der Waals surface area contributed by atoms with Gasteiger partial charge in [-0.25, -0.2) is 13.6 Å². The van der Waals surface area contributed by atoms with Gasteiger partial charge in [-0.3, -0.25) is 4.79 Å². The molecule has 3 amide bonds. The average molecular weight is 307 g/mol. The number of rotatable bonds is 2. The molecule has 1 aromatic carbocycles. The van der Waals surface area contributed by atoms with Gasteiger partial charge in [0.1, 0.15) is 5.54 Å². The van der Waals surface area contributed by atoms with Gasteiger partial charge in [0.25, 0.3) is 5.91 Å². The summed E-state index contributed by atoms with van der Waals surface area (Å²) in [5.74, 6) is -2.35. The largest absolute Gasteiger partial charge is 0.346 e. The second-order valence-corrected chi connectivity index (χ2v) is 5.61. The molecule has 2 aliphatic rings. The summed E-state index contributed by atoms with van der Waals surface area (Å²) >= 11 is 0. The average Bonchev–Trinajstić information content (AvgIpc) is 2.72. The molecule has 1 aliphatic carbocycles. The lowest BCUT2D eigenvalue weighted by molar-refractivity contribution is -0.132. The Morgan fingerprint density at radius 3 is 2.55 bits per heavy atom. The van der Waals surface area contributed by atoms with Crippen LogP contribution in [0.4, 0.5) is 13.6 Å². The second-order valence-electron chi connectivity index (χ2n) is 5.61. The van der Waals surface area contributed by atoms with Gasteiger partial charge < -0.3 is 5.32 Å². The van der Waals surface area contributed by atoms with Crippen LogP contribution in [0, 0.1) is 11.6 Å². The van der Waals surface area contributed by atoms with Crippen LogP contribution in [0.1, 0.15) is 37.7 Å². The number of hydrogen-bond acceptors (Lipinski definition) is 3. The molecule has 3 rings (SSSR count). The summed E-state index contributed by atoms with van der Waals surface area (Å²) in [7, 11) is 0. The van der Waals surface area contributed by atoms with E-state index in [9.17, 15) is 18.4 Å². The number of carbonyl (C=O) groups is 2. The summed E-state index contributed by atoms with van der Waals surface area (Å²) in [6.07, 6.45) is 5.19. The van der Waals surface area contributed by atoms with Crippen molar-refractivity contribution in [3.05, 3.63) is 35.4 Å². The minimum absolute atomic E-state index is 0.268. The van der Waals surface area contributed by atoms with Gasteiger partial charge in [0.15, 0.2) is 11.6 Å². The van der Waals surface area contributed by atoms with Gasteiger partial charge in [-0.05, 0) is 30.5 Å². The third kappa shape index (κ3) is 2.47. The summed E-state index contributed by atoms with van der Waals surface area (Å²) in [5, 5.41) is 7.32. The van der Waals surface area contributed by atoms with Gasteiger partial charge in [-0.1, -0.05) is 25.3 Å². The number of hydrogen-bond donors (Lipinski definition) is 1. The van der Waals surface area contributed by atoms with Crippen molar-refractivity contribution in [1.82, 2.24) is 10.3 Å². The molecule has 1 aliphatic heterocycles. The minimum atomic E-state index is -1.01. The van der Waals surface area contributed by atoms with Crippen molar-refractivity contribution in [3.63, 3.8) is 0 Å². The van der Waals surface area contributed by atoms with E-state index in [-0.39, 0.29) is 11.5 Å². The molecule has 2 fully saturated rings. The zero-order valence-electron chi connectivity index (χ0n) is 11.8. The van der Waals surface area contributed by atoms with Crippen LogP contribution in [0.15, 0.2) is 23.3 Å². The highest BCUT2D eigenvalue weighted by atomic mass is 19.2. The van der Waals surface area contributed by atoms with Crippen LogP contribution >= 0.6 is 0 Å². The fourth-order valence-corrected chi connectivity index (χ4v) is 2.92. The number of benzene rings is 1. The molecule has 7 heteroatoms. The summed E-state index contributed by atoms with van der Waals surface area (Å²) in [6.45, 7) is 0. The molecular formula is C15H15F2N3O2.